The van der Waals surface area contributed by atoms with E-state index in [-0.39, 0.29) is 0 Å². The van der Waals surface area contributed by atoms with Gasteiger partial charge in [-0.05, 0) is 44.1 Å². The van der Waals surface area contributed by atoms with Crippen LogP contribution in [0.25, 0.3) is 0 Å². The lowest BCUT2D eigenvalue weighted by atomic mass is 10.0. The molecule has 1 saturated heterocycles. The van der Waals surface area contributed by atoms with Crippen molar-refractivity contribution < 1.29 is 4.74 Å². The molecular weight excluding hydrogens is 242 g/mol. The third-order valence-corrected chi connectivity index (χ3v) is 4.93. The molecule has 1 N–H and O–H groups in total. The maximum atomic E-state index is 5.47. The van der Waals surface area contributed by atoms with Gasteiger partial charge in [0.2, 0.25) is 0 Å². The van der Waals surface area contributed by atoms with Crippen molar-refractivity contribution in [3.8, 4) is 5.75 Å². The predicted molar refractivity (Wildman–Crippen MR) is 79.6 cm³/mol. The average molecular weight is 265 g/mol. The van der Waals surface area contributed by atoms with Crippen LogP contribution in [0.4, 0.5) is 0 Å². The Balaban J connectivity index is 1.96. The summed E-state index contributed by atoms with van der Waals surface area (Å²) in [6, 6.07) is 6.79. The first kappa shape index (κ1) is 13.8. The van der Waals surface area contributed by atoms with Crippen molar-refractivity contribution in [1.29, 1.82) is 0 Å². The third-order valence-electron chi connectivity index (χ3n) is 3.53. The normalized spacial score (nSPS) is 20.9. The first-order valence-electron chi connectivity index (χ1n) is 6.70. The maximum Gasteiger partial charge on any atom is 0.123 e. The van der Waals surface area contributed by atoms with Gasteiger partial charge in [-0.25, -0.2) is 0 Å². The highest BCUT2D eigenvalue weighted by Gasteiger charge is 2.17. The number of methoxy groups -OCH3 is 1. The van der Waals surface area contributed by atoms with Gasteiger partial charge in [0.1, 0.15) is 5.75 Å². The molecule has 0 aliphatic carbocycles. The molecule has 2 atom stereocenters. The fourth-order valence-electron chi connectivity index (χ4n) is 2.40. The van der Waals surface area contributed by atoms with Gasteiger partial charge in [-0.2, -0.15) is 11.8 Å². The SMILES string of the molecule is COc1cc(C)ccc1C(C)NCC1CCCS1. The molecule has 2 unspecified atom stereocenters. The average Bonchev–Trinajstić information content (AvgIpc) is 2.88. The molecule has 0 saturated carbocycles. The van der Waals surface area contributed by atoms with Crippen LogP contribution in [0.15, 0.2) is 18.2 Å². The molecule has 1 aliphatic heterocycles. The number of nitrogens with one attached hydrogen (secondary N) is 1. The van der Waals surface area contributed by atoms with Crippen LogP contribution in [-0.2, 0) is 0 Å². The zero-order chi connectivity index (χ0) is 13.0. The van der Waals surface area contributed by atoms with E-state index in [1.165, 1.54) is 29.7 Å². The van der Waals surface area contributed by atoms with E-state index in [0.717, 1.165) is 17.5 Å². The Morgan fingerprint density at radius 3 is 3.00 bits per heavy atom. The van der Waals surface area contributed by atoms with Crippen LogP contribution < -0.4 is 10.1 Å². The van der Waals surface area contributed by atoms with E-state index in [9.17, 15) is 0 Å². The van der Waals surface area contributed by atoms with Crippen LogP contribution >= 0.6 is 11.8 Å². The van der Waals surface area contributed by atoms with Crippen LogP contribution in [0.5, 0.6) is 5.75 Å². The standard InChI is InChI=1S/C15H23NOS/c1-11-6-7-14(15(9-11)17-3)12(2)16-10-13-5-4-8-18-13/h6-7,9,12-13,16H,4-5,8,10H2,1-3H3. The Kier molecular flexibility index (Phi) is 4.95. The summed E-state index contributed by atoms with van der Waals surface area (Å²) in [7, 11) is 1.75. The molecule has 2 nitrogen and oxygen atoms in total. The van der Waals surface area contributed by atoms with E-state index in [1.807, 2.05) is 0 Å². The monoisotopic (exact) mass is 265 g/mol. The van der Waals surface area contributed by atoms with Crippen molar-refractivity contribution in [1.82, 2.24) is 5.32 Å². The first-order valence-corrected chi connectivity index (χ1v) is 7.75. The minimum absolute atomic E-state index is 0.349. The van der Waals surface area contributed by atoms with Gasteiger partial charge >= 0.3 is 0 Å². The summed E-state index contributed by atoms with van der Waals surface area (Å²) in [6.45, 7) is 5.41. The Hall–Kier alpha value is -0.670. The highest BCUT2D eigenvalue weighted by atomic mass is 32.2. The zero-order valence-corrected chi connectivity index (χ0v) is 12.3. The Bertz CT molecular complexity index is 388. The molecule has 0 spiro atoms. The summed E-state index contributed by atoms with van der Waals surface area (Å²) in [4.78, 5) is 0. The Labute approximate surface area is 114 Å². The number of hydrogen-bond acceptors (Lipinski definition) is 3. The van der Waals surface area contributed by atoms with E-state index in [2.05, 4.69) is 49.1 Å². The second-order valence-corrected chi connectivity index (χ2v) is 6.42. The van der Waals surface area contributed by atoms with Crippen molar-refractivity contribution in [3.63, 3.8) is 0 Å². The van der Waals surface area contributed by atoms with Gasteiger partial charge in [0, 0.05) is 23.4 Å². The Morgan fingerprint density at radius 1 is 1.50 bits per heavy atom. The number of thioether (sulfide) groups is 1. The lowest BCUT2D eigenvalue weighted by Crippen LogP contribution is -2.26. The minimum Gasteiger partial charge on any atom is -0.496 e. The van der Waals surface area contributed by atoms with Gasteiger partial charge in [0.25, 0.3) is 0 Å². The first-order chi connectivity index (χ1) is 8.70. The van der Waals surface area contributed by atoms with Gasteiger partial charge in [-0.1, -0.05) is 12.1 Å². The number of benzene rings is 1. The third kappa shape index (κ3) is 3.42. The van der Waals surface area contributed by atoms with Gasteiger partial charge in [0.15, 0.2) is 0 Å². The van der Waals surface area contributed by atoms with Crippen LogP contribution in [-0.4, -0.2) is 24.7 Å². The predicted octanol–water partition coefficient (Wildman–Crippen LogP) is 3.55. The fraction of sp³-hybridized carbons (Fsp3) is 0.600. The van der Waals surface area contributed by atoms with E-state index in [4.69, 9.17) is 4.74 Å². The lowest BCUT2D eigenvalue weighted by Gasteiger charge is -2.19. The fourth-order valence-corrected chi connectivity index (χ4v) is 3.61. The van der Waals surface area contributed by atoms with E-state index >= 15 is 0 Å². The van der Waals surface area contributed by atoms with Gasteiger partial charge in [-0.15, -0.1) is 0 Å². The number of ether oxygens (including phenoxy) is 1. The quantitative estimate of drug-likeness (QED) is 0.879. The van der Waals surface area contributed by atoms with Gasteiger partial charge in [-0.3, -0.25) is 0 Å². The van der Waals surface area contributed by atoms with Crippen molar-refractivity contribution in [2.45, 2.75) is 38.0 Å². The number of rotatable bonds is 5. The number of hydrogen-bond donors (Lipinski definition) is 1. The largest absolute Gasteiger partial charge is 0.496 e. The molecule has 0 amide bonds. The molecule has 18 heavy (non-hydrogen) atoms. The molecule has 2 rings (SSSR count). The summed E-state index contributed by atoms with van der Waals surface area (Å²) in [5.41, 5.74) is 2.50. The zero-order valence-electron chi connectivity index (χ0n) is 11.5. The molecule has 1 aromatic carbocycles. The molecule has 1 fully saturated rings. The minimum atomic E-state index is 0.349. The number of aryl methyl sites for hydroxylation is 1. The van der Waals surface area contributed by atoms with Crippen molar-refractivity contribution >= 4 is 11.8 Å². The summed E-state index contributed by atoms with van der Waals surface area (Å²) < 4.78 is 5.47. The summed E-state index contributed by atoms with van der Waals surface area (Å²) in [5.74, 6) is 2.32. The molecule has 0 bridgehead atoms. The second-order valence-electron chi connectivity index (χ2n) is 5.01. The lowest BCUT2D eigenvalue weighted by molar-refractivity contribution is 0.401. The van der Waals surface area contributed by atoms with Crippen LogP contribution in [0.2, 0.25) is 0 Å². The van der Waals surface area contributed by atoms with Crippen LogP contribution in [0.1, 0.15) is 36.9 Å². The molecule has 3 heteroatoms. The van der Waals surface area contributed by atoms with Crippen molar-refractivity contribution in [3.05, 3.63) is 29.3 Å². The van der Waals surface area contributed by atoms with E-state index < -0.39 is 0 Å². The molecular formula is C15H23NOS. The van der Waals surface area contributed by atoms with Gasteiger partial charge < -0.3 is 10.1 Å². The summed E-state index contributed by atoms with van der Waals surface area (Å²) in [5, 5.41) is 4.43. The van der Waals surface area contributed by atoms with Crippen molar-refractivity contribution in [2.75, 3.05) is 19.4 Å². The molecule has 0 radical (unpaired) electrons. The van der Waals surface area contributed by atoms with Crippen LogP contribution in [0.3, 0.4) is 0 Å². The summed E-state index contributed by atoms with van der Waals surface area (Å²) >= 11 is 2.10. The van der Waals surface area contributed by atoms with E-state index in [1.54, 1.807) is 7.11 Å². The molecule has 1 aliphatic rings. The summed E-state index contributed by atoms with van der Waals surface area (Å²) in [6.07, 6.45) is 2.73. The highest BCUT2D eigenvalue weighted by molar-refractivity contribution is 8.00. The molecule has 0 aromatic heterocycles. The van der Waals surface area contributed by atoms with Crippen LogP contribution in [0, 0.1) is 6.92 Å². The Morgan fingerprint density at radius 2 is 2.33 bits per heavy atom. The second kappa shape index (κ2) is 6.48. The highest BCUT2D eigenvalue weighted by Crippen LogP contribution is 2.28. The maximum absolute atomic E-state index is 5.47. The molecule has 1 heterocycles. The van der Waals surface area contributed by atoms with E-state index in [0.29, 0.717) is 6.04 Å². The smallest absolute Gasteiger partial charge is 0.123 e. The topological polar surface area (TPSA) is 21.3 Å². The molecule has 100 valence electrons. The molecule has 1 aromatic rings. The van der Waals surface area contributed by atoms with Crippen molar-refractivity contribution in [2.24, 2.45) is 0 Å². The van der Waals surface area contributed by atoms with Gasteiger partial charge in [0.05, 0.1) is 7.11 Å².